The van der Waals surface area contributed by atoms with Crippen LogP contribution in [0.25, 0.3) is 0 Å². The lowest BCUT2D eigenvalue weighted by Crippen LogP contribution is -2.32. The Labute approximate surface area is 176 Å². The number of carbonyl (C=O) groups excluding carboxylic acids is 1. The van der Waals surface area contributed by atoms with Gasteiger partial charge < -0.3 is 14.4 Å². The molecule has 1 amide bonds. The minimum atomic E-state index is -0.0951. The van der Waals surface area contributed by atoms with Crippen molar-refractivity contribution in [1.82, 2.24) is 14.9 Å². The van der Waals surface area contributed by atoms with Crippen molar-refractivity contribution in [1.29, 1.82) is 0 Å². The maximum Gasteiger partial charge on any atom is 0.235 e. The fraction of sp³-hybridized carbons (Fsp3) is 0.292. The first-order valence-electron chi connectivity index (χ1n) is 10.1. The predicted octanol–water partition coefficient (Wildman–Crippen LogP) is 3.69. The molecule has 2 aromatic carbocycles. The van der Waals surface area contributed by atoms with Crippen molar-refractivity contribution >= 4 is 5.91 Å². The summed E-state index contributed by atoms with van der Waals surface area (Å²) in [5.41, 5.74) is 2.30. The molecule has 1 atom stereocenters. The summed E-state index contributed by atoms with van der Waals surface area (Å²) < 4.78 is 11.0. The first-order valence-corrected chi connectivity index (χ1v) is 10.1. The van der Waals surface area contributed by atoms with E-state index in [2.05, 4.69) is 34.2 Å². The summed E-state index contributed by atoms with van der Waals surface area (Å²) in [6, 6.07) is 20.4. The number of methoxy groups -OCH3 is 1. The van der Waals surface area contributed by atoms with Gasteiger partial charge in [-0.25, -0.2) is 0 Å². The van der Waals surface area contributed by atoms with E-state index in [9.17, 15) is 4.79 Å². The number of hydrogen-bond donors (Lipinski definition) is 0. The van der Waals surface area contributed by atoms with Gasteiger partial charge in [-0.15, -0.1) is 0 Å². The fourth-order valence-corrected chi connectivity index (χ4v) is 3.81. The van der Waals surface area contributed by atoms with Gasteiger partial charge >= 0.3 is 0 Å². The van der Waals surface area contributed by atoms with Crippen LogP contribution in [0.3, 0.4) is 0 Å². The summed E-state index contributed by atoms with van der Waals surface area (Å²) in [5, 5.41) is 0. The van der Waals surface area contributed by atoms with Crippen molar-refractivity contribution in [2.24, 2.45) is 0 Å². The smallest absolute Gasteiger partial charge is 0.235 e. The zero-order valence-electron chi connectivity index (χ0n) is 17.0. The van der Waals surface area contributed by atoms with Crippen LogP contribution in [-0.2, 0) is 4.79 Å². The molecular formula is C24H25N3O3. The van der Waals surface area contributed by atoms with Crippen LogP contribution in [0.2, 0.25) is 0 Å². The van der Waals surface area contributed by atoms with Crippen LogP contribution in [-0.4, -0.2) is 47.1 Å². The molecule has 0 N–H and O–H groups in total. The lowest BCUT2D eigenvalue weighted by atomic mass is 9.88. The highest BCUT2D eigenvalue weighted by Crippen LogP contribution is 2.29. The van der Waals surface area contributed by atoms with Gasteiger partial charge in [0.1, 0.15) is 6.10 Å². The number of carbonyl (C=O) groups is 1. The average Bonchev–Trinajstić information content (AvgIpc) is 3.27. The van der Waals surface area contributed by atoms with Crippen LogP contribution in [0, 0.1) is 0 Å². The second-order valence-corrected chi connectivity index (χ2v) is 7.35. The normalized spacial score (nSPS) is 15.9. The van der Waals surface area contributed by atoms with Gasteiger partial charge in [0, 0.05) is 25.3 Å². The van der Waals surface area contributed by atoms with Gasteiger partial charge in [0.25, 0.3) is 0 Å². The molecule has 1 aliphatic rings. The minimum absolute atomic E-state index is 0.0316. The zero-order valence-corrected chi connectivity index (χ0v) is 17.0. The van der Waals surface area contributed by atoms with E-state index in [1.54, 1.807) is 13.3 Å². The van der Waals surface area contributed by atoms with Gasteiger partial charge in [0.05, 0.1) is 26.0 Å². The molecule has 1 aromatic heterocycles. The highest BCUT2D eigenvalue weighted by molar-refractivity contribution is 5.78. The summed E-state index contributed by atoms with van der Waals surface area (Å²) >= 11 is 0. The van der Waals surface area contributed by atoms with Crippen LogP contribution in [0.5, 0.6) is 11.8 Å². The minimum Gasteiger partial charge on any atom is -0.480 e. The third kappa shape index (κ3) is 4.76. The Hall–Kier alpha value is -3.41. The Morgan fingerprint density at radius 2 is 1.67 bits per heavy atom. The number of nitrogens with zero attached hydrogens (tertiary/aromatic N) is 3. The fourth-order valence-electron chi connectivity index (χ4n) is 3.81. The number of likely N-dealkylation sites (tertiary alicyclic amines) is 1. The summed E-state index contributed by atoms with van der Waals surface area (Å²) in [5.74, 6) is 0.992. The van der Waals surface area contributed by atoms with Gasteiger partial charge in [-0.2, -0.15) is 4.98 Å². The van der Waals surface area contributed by atoms with Gasteiger partial charge in [0.2, 0.25) is 17.7 Å². The van der Waals surface area contributed by atoms with E-state index in [0.717, 1.165) is 17.5 Å². The quantitative estimate of drug-likeness (QED) is 0.602. The third-order valence-electron chi connectivity index (χ3n) is 5.37. The molecule has 2 heterocycles. The highest BCUT2D eigenvalue weighted by atomic mass is 16.5. The number of rotatable bonds is 7. The van der Waals surface area contributed by atoms with Crippen molar-refractivity contribution in [3.05, 3.63) is 84.2 Å². The monoisotopic (exact) mass is 403 g/mol. The second kappa shape index (κ2) is 9.39. The van der Waals surface area contributed by atoms with E-state index >= 15 is 0 Å². The molecular weight excluding hydrogens is 378 g/mol. The number of hydrogen-bond acceptors (Lipinski definition) is 5. The van der Waals surface area contributed by atoms with Crippen LogP contribution >= 0.6 is 0 Å². The second-order valence-electron chi connectivity index (χ2n) is 7.35. The van der Waals surface area contributed by atoms with Crippen LogP contribution in [0.4, 0.5) is 0 Å². The number of aromatic nitrogens is 2. The van der Waals surface area contributed by atoms with Crippen molar-refractivity contribution in [2.45, 2.75) is 24.9 Å². The maximum absolute atomic E-state index is 13.1. The molecule has 6 nitrogen and oxygen atoms in total. The lowest BCUT2D eigenvalue weighted by molar-refractivity contribution is -0.130. The molecule has 1 saturated heterocycles. The highest BCUT2D eigenvalue weighted by Gasteiger charge is 2.30. The Morgan fingerprint density at radius 3 is 2.30 bits per heavy atom. The van der Waals surface area contributed by atoms with E-state index in [-0.39, 0.29) is 17.9 Å². The molecule has 0 spiro atoms. The van der Waals surface area contributed by atoms with E-state index in [4.69, 9.17) is 9.47 Å². The summed E-state index contributed by atoms with van der Waals surface area (Å²) in [6.07, 6.45) is 4.20. The van der Waals surface area contributed by atoms with Crippen LogP contribution in [0.15, 0.2) is 73.1 Å². The molecule has 0 radical (unpaired) electrons. The van der Waals surface area contributed by atoms with Gasteiger partial charge in [-0.05, 0) is 11.1 Å². The van der Waals surface area contributed by atoms with Crippen LogP contribution in [0.1, 0.15) is 29.9 Å². The Kier molecular flexibility index (Phi) is 6.23. The SMILES string of the molecule is COc1cncc(OC2CCN(C(=O)CC(c3ccccc3)c3ccccc3)C2)n1. The predicted molar refractivity (Wildman–Crippen MR) is 114 cm³/mol. The molecule has 30 heavy (non-hydrogen) atoms. The van der Waals surface area contributed by atoms with E-state index in [1.165, 1.54) is 6.20 Å². The van der Waals surface area contributed by atoms with Crippen molar-refractivity contribution in [3.63, 3.8) is 0 Å². The molecule has 4 rings (SSSR count). The first-order chi connectivity index (χ1) is 14.7. The van der Waals surface area contributed by atoms with Crippen molar-refractivity contribution < 1.29 is 14.3 Å². The van der Waals surface area contributed by atoms with Crippen LogP contribution < -0.4 is 9.47 Å². The van der Waals surface area contributed by atoms with E-state index in [1.807, 2.05) is 41.3 Å². The topological polar surface area (TPSA) is 64.6 Å². The molecule has 6 heteroatoms. The van der Waals surface area contributed by atoms with E-state index in [0.29, 0.717) is 31.3 Å². The molecule has 154 valence electrons. The molecule has 3 aromatic rings. The maximum atomic E-state index is 13.1. The molecule has 1 fully saturated rings. The number of amides is 1. The summed E-state index contributed by atoms with van der Waals surface area (Å²) in [6.45, 7) is 1.23. The molecule has 0 bridgehead atoms. The lowest BCUT2D eigenvalue weighted by Gasteiger charge is -2.22. The first kappa shape index (κ1) is 19.9. The third-order valence-corrected chi connectivity index (χ3v) is 5.37. The Bertz CT molecular complexity index is 926. The Balaban J connectivity index is 1.42. The summed E-state index contributed by atoms with van der Waals surface area (Å²) in [4.78, 5) is 23.3. The van der Waals surface area contributed by atoms with Gasteiger partial charge in [0.15, 0.2) is 0 Å². The Morgan fingerprint density at radius 1 is 1.03 bits per heavy atom. The van der Waals surface area contributed by atoms with Crippen molar-refractivity contribution in [3.8, 4) is 11.8 Å². The van der Waals surface area contributed by atoms with Gasteiger partial charge in [-0.3, -0.25) is 9.78 Å². The number of ether oxygens (including phenoxy) is 2. The average molecular weight is 403 g/mol. The standard InChI is InChI=1S/C24H25N3O3/c1-29-22-15-25-16-23(26-22)30-20-12-13-27(17-20)24(28)14-21(18-8-4-2-5-9-18)19-10-6-3-7-11-19/h2-11,15-16,20-21H,12-14,17H2,1H3. The van der Waals surface area contributed by atoms with Crippen molar-refractivity contribution in [2.75, 3.05) is 20.2 Å². The van der Waals surface area contributed by atoms with E-state index < -0.39 is 0 Å². The molecule has 0 aliphatic carbocycles. The zero-order chi connectivity index (χ0) is 20.8. The molecule has 1 unspecified atom stereocenters. The number of benzene rings is 2. The molecule has 0 saturated carbocycles. The molecule has 1 aliphatic heterocycles. The van der Waals surface area contributed by atoms with Gasteiger partial charge in [-0.1, -0.05) is 60.7 Å². The largest absolute Gasteiger partial charge is 0.480 e. The summed E-state index contributed by atoms with van der Waals surface area (Å²) in [7, 11) is 1.54.